The van der Waals surface area contributed by atoms with Crippen molar-refractivity contribution in [1.82, 2.24) is 5.32 Å². The second-order valence-corrected chi connectivity index (χ2v) is 5.31. The number of para-hydroxylation sites is 1. The number of fused-ring (bicyclic) bond motifs is 1. The van der Waals surface area contributed by atoms with Gasteiger partial charge in [-0.15, -0.1) is 0 Å². The molecule has 1 heterocycles. The first-order valence-electron chi connectivity index (χ1n) is 6.58. The van der Waals surface area contributed by atoms with Crippen molar-refractivity contribution >= 4 is 11.0 Å². The highest BCUT2D eigenvalue weighted by Gasteiger charge is 2.33. The molecule has 1 aliphatic carbocycles. The summed E-state index contributed by atoms with van der Waals surface area (Å²) in [4.78, 5) is 0. The number of furan rings is 1. The Morgan fingerprint density at radius 2 is 2.11 bits per heavy atom. The van der Waals surface area contributed by atoms with Crippen LogP contribution in [0.5, 0.6) is 0 Å². The summed E-state index contributed by atoms with van der Waals surface area (Å²) >= 11 is 0. The lowest BCUT2D eigenvalue weighted by Gasteiger charge is -2.36. The molecule has 1 fully saturated rings. The van der Waals surface area contributed by atoms with Crippen LogP contribution in [0.15, 0.2) is 28.7 Å². The van der Waals surface area contributed by atoms with Crippen LogP contribution in [0.3, 0.4) is 0 Å². The van der Waals surface area contributed by atoms with Gasteiger partial charge in [-0.1, -0.05) is 18.2 Å². The molecule has 3 heteroatoms. The third-order valence-electron chi connectivity index (χ3n) is 3.94. The van der Waals surface area contributed by atoms with Crippen molar-refractivity contribution in [3.63, 3.8) is 0 Å². The first-order chi connectivity index (χ1) is 8.68. The maximum Gasteiger partial charge on any atom is 0.134 e. The van der Waals surface area contributed by atoms with E-state index in [0.717, 1.165) is 37.2 Å². The Morgan fingerprint density at radius 1 is 1.33 bits per heavy atom. The van der Waals surface area contributed by atoms with Crippen molar-refractivity contribution in [3.05, 3.63) is 35.6 Å². The molecular formula is C15H19NO2. The van der Waals surface area contributed by atoms with Gasteiger partial charge in [0.15, 0.2) is 0 Å². The molecule has 3 nitrogen and oxygen atoms in total. The average Bonchev–Trinajstić information content (AvgIpc) is 2.64. The summed E-state index contributed by atoms with van der Waals surface area (Å²) in [5, 5.41) is 14.6. The van der Waals surface area contributed by atoms with E-state index < -0.39 is 5.60 Å². The third-order valence-corrected chi connectivity index (χ3v) is 3.94. The molecule has 1 aromatic carbocycles. The molecule has 1 aliphatic rings. The van der Waals surface area contributed by atoms with Crippen molar-refractivity contribution in [2.24, 2.45) is 0 Å². The van der Waals surface area contributed by atoms with Crippen LogP contribution < -0.4 is 5.32 Å². The summed E-state index contributed by atoms with van der Waals surface area (Å²) in [5.74, 6) is 0.962. The molecule has 96 valence electrons. The van der Waals surface area contributed by atoms with E-state index in [1.165, 1.54) is 10.9 Å². The lowest BCUT2D eigenvalue weighted by Crippen LogP contribution is -2.46. The van der Waals surface area contributed by atoms with E-state index in [4.69, 9.17) is 4.42 Å². The lowest BCUT2D eigenvalue weighted by atomic mass is 9.80. The van der Waals surface area contributed by atoms with Crippen LogP contribution in [-0.2, 0) is 6.54 Å². The van der Waals surface area contributed by atoms with E-state index in [2.05, 4.69) is 11.4 Å². The molecule has 2 aromatic rings. The van der Waals surface area contributed by atoms with Gasteiger partial charge < -0.3 is 14.8 Å². The normalized spacial score (nSPS) is 17.9. The molecule has 0 unspecified atom stereocenters. The summed E-state index contributed by atoms with van der Waals surface area (Å²) in [7, 11) is 0. The molecule has 0 aliphatic heterocycles. The van der Waals surface area contributed by atoms with Crippen molar-refractivity contribution in [2.45, 2.75) is 38.3 Å². The summed E-state index contributed by atoms with van der Waals surface area (Å²) in [6.45, 7) is 3.42. The number of aryl methyl sites for hydroxylation is 1. The summed E-state index contributed by atoms with van der Waals surface area (Å²) in [6.07, 6.45) is 2.99. The first-order valence-corrected chi connectivity index (χ1v) is 6.58. The molecule has 3 rings (SSSR count). The Morgan fingerprint density at radius 3 is 2.83 bits per heavy atom. The van der Waals surface area contributed by atoms with Gasteiger partial charge in [-0.05, 0) is 32.3 Å². The Balaban J connectivity index is 1.72. The van der Waals surface area contributed by atoms with Crippen LogP contribution in [0.25, 0.3) is 11.0 Å². The number of rotatable bonds is 4. The number of hydrogen-bond donors (Lipinski definition) is 2. The maximum absolute atomic E-state index is 10.0. The predicted octanol–water partition coefficient (Wildman–Crippen LogP) is 2.75. The molecule has 0 bridgehead atoms. The van der Waals surface area contributed by atoms with Gasteiger partial charge >= 0.3 is 0 Å². The number of aliphatic hydroxyl groups is 1. The fourth-order valence-corrected chi connectivity index (χ4v) is 2.62. The van der Waals surface area contributed by atoms with Crippen molar-refractivity contribution < 1.29 is 9.52 Å². The number of nitrogens with one attached hydrogen (secondary N) is 1. The second-order valence-electron chi connectivity index (χ2n) is 5.31. The summed E-state index contributed by atoms with van der Waals surface area (Å²) < 4.78 is 5.72. The standard InChI is InChI=1S/C15H19NO2/c1-11-13(9-16-10-15(17)7-4-8-15)12-5-2-3-6-14(12)18-11/h2-3,5-6,16-17H,4,7-10H2,1H3. The molecule has 1 aromatic heterocycles. The predicted molar refractivity (Wildman–Crippen MR) is 71.5 cm³/mol. The SMILES string of the molecule is Cc1oc2ccccc2c1CNCC1(O)CCC1. The fraction of sp³-hybridized carbons (Fsp3) is 0.467. The van der Waals surface area contributed by atoms with Crippen LogP contribution in [0.4, 0.5) is 0 Å². The van der Waals surface area contributed by atoms with Gasteiger partial charge in [-0.3, -0.25) is 0 Å². The van der Waals surface area contributed by atoms with Gasteiger partial charge in [0.1, 0.15) is 11.3 Å². The van der Waals surface area contributed by atoms with Crippen LogP contribution in [0.1, 0.15) is 30.6 Å². The molecular weight excluding hydrogens is 226 g/mol. The zero-order chi connectivity index (χ0) is 12.6. The maximum atomic E-state index is 10.0. The molecule has 0 amide bonds. The summed E-state index contributed by atoms with van der Waals surface area (Å²) in [6, 6.07) is 8.09. The zero-order valence-electron chi connectivity index (χ0n) is 10.7. The minimum atomic E-state index is -0.465. The zero-order valence-corrected chi connectivity index (χ0v) is 10.7. The average molecular weight is 245 g/mol. The molecule has 2 N–H and O–H groups in total. The molecule has 0 spiro atoms. The second kappa shape index (κ2) is 4.41. The van der Waals surface area contributed by atoms with E-state index in [0.29, 0.717) is 6.54 Å². The molecule has 1 saturated carbocycles. The fourth-order valence-electron chi connectivity index (χ4n) is 2.62. The number of hydrogen-bond acceptors (Lipinski definition) is 3. The first kappa shape index (κ1) is 11.8. The van der Waals surface area contributed by atoms with Crippen LogP contribution in [0, 0.1) is 6.92 Å². The van der Waals surface area contributed by atoms with E-state index >= 15 is 0 Å². The monoisotopic (exact) mass is 245 g/mol. The Labute approximate surface area is 107 Å². The molecule has 0 saturated heterocycles. The van der Waals surface area contributed by atoms with Gasteiger partial charge in [0.05, 0.1) is 5.60 Å². The van der Waals surface area contributed by atoms with E-state index in [-0.39, 0.29) is 0 Å². The number of benzene rings is 1. The van der Waals surface area contributed by atoms with Crippen molar-refractivity contribution in [2.75, 3.05) is 6.54 Å². The Hall–Kier alpha value is -1.32. The van der Waals surface area contributed by atoms with Gasteiger partial charge in [-0.25, -0.2) is 0 Å². The Kier molecular flexibility index (Phi) is 2.88. The van der Waals surface area contributed by atoms with Gasteiger partial charge in [-0.2, -0.15) is 0 Å². The van der Waals surface area contributed by atoms with Gasteiger partial charge in [0.25, 0.3) is 0 Å². The largest absolute Gasteiger partial charge is 0.461 e. The minimum absolute atomic E-state index is 0.465. The molecule has 0 atom stereocenters. The van der Waals surface area contributed by atoms with E-state index in [1.807, 2.05) is 25.1 Å². The Bertz CT molecular complexity index is 555. The van der Waals surface area contributed by atoms with E-state index in [9.17, 15) is 5.11 Å². The minimum Gasteiger partial charge on any atom is -0.461 e. The lowest BCUT2D eigenvalue weighted by molar-refractivity contribution is -0.0314. The van der Waals surface area contributed by atoms with Crippen molar-refractivity contribution in [1.29, 1.82) is 0 Å². The van der Waals surface area contributed by atoms with Crippen molar-refractivity contribution in [3.8, 4) is 0 Å². The molecule has 18 heavy (non-hydrogen) atoms. The topological polar surface area (TPSA) is 45.4 Å². The van der Waals surface area contributed by atoms with Crippen LogP contribution in [-0.4, -0.2) is 17.3 Å². The molecule has 0 radical (unpaired) electrons. The van der Waals surface area contributed by atoms with Gasteiger partial charge in [0.2, 0.25) is 0 Å². The third kappa shape index (κ3) is 2.04. The highest BCUT2D eigenvalue weighted by molar-refractivity contribution is 5.82. The van der Waals surface area contributed by atoms with Gasteiger partial charge in [0, 0.05) is 24.0 Å². The summed E-state index contributed by atoms with van der Waals surface area (Å²) in [5.41, 5.74) is 1.68. The van der Waals surface area contributed by atoms with E-state index in [1.54, 1.807) is 0 Å². The smallest absolute Gasteiger partial charge is 0.134 e. The van der Waals surface area contributed by atoms with Crippen LogP contribution >= 0.6 is 0 Å². The highest BCUT2D eigenvalue weighted by atomic mass is 16.3. The highest BCUT2D eigenvalue weighted by Crippen LogP contribution is 2.31. The van der Waals surface area contributed by atoms with Crippen LogP contribution in [0.2, 0.25) is 0 Å². The quantitative estimate of drug-likeness (QED) is 0.870.